The van der Waals surface area contributed by atoms with Gasteiger partial charge in [0.25, 0.3) is 5.91 Å². The maximum absolute atomic E-state index is 12.4. The number of benzene rings is 2. The summed E-state index contributed by atoms with van der Waals surface area (Å²) < 4.78 is 10.7. The largest absolute Gasteiger partial charge is 0.497 e. The van der Waals surface area contributed by atoms with Crippen molar-refractivity contribution in [1.82, 2.24) is 0 Å². The number of hydrogen-bond donors (Lipinski definition) is 1. The van der Waals surface area contributed by atoms with Crippen molar-refractivity contribution >= 4 is 17.3 Å². The number of methoxy groups -OCH3 is 1. The lowest BCUT2D eigenvalue weighted by atomic mass is 10.1. The fourth-order valence-electron chi connectivity index (χ4n) is 3.20. The molecular formula is C20H24N2O3. The number of nitrogens with one attached hydrogen (secondary N) is 1. The molecule has 0 saturated carbocycles. The van der Waals surface area contributed by atoms with Crippen LogP contribution in [-0.2, 0) is 4.74 Å². The predicted octanol–water partition coefficient (Wildman–Crippen LogP) is 3.56. The highest BCUT2D eigenvalue weighted by molar-refractivity contribution is 6.04. The average Bonchev–Trinajstić information content (AvgIpc) is 2.63. The third-order valence-corrected chi connectivity index (χ3v) is 4.42. The van der Waals surface area contributed by atoms with Crippen LogP contribution in [0.3, 0.4) is 0 Å². The van der Waals surface area contributed by atoms with Gasteiger partial charge in [-0.25, -0.2) is 0 Å². The van der Waals surface area contributed by atoms with Gasteiger partial charge in [-0.1, -0.05) is 6.07 Å². The van der Waals surface area contributed by atoms with E-state index in [0.29, 0.717) is 23.4 Å². The van der Waals surface area contributed by atoms with Gasteiger partial charge >= 0.3 is 0 Å². The summed E-state index contributed by atoms with van der Waals surface area (Å²) in [5.41, 5.74) is 2.48. The van der Waals surface area contributed by atoms with Crippen molar-refractivity contribution in [3.63, 3.8) is 0 Å². The first kappa shape index (κ1) is 17.3. The van der Waals surface area contributed by atoms with Crippen molar-refractivity contribution in [1.29, 1.82) is 0 Å². The van der Waals surface area contributed by atoms with Gasteiger partial charge in [0.15, 0.2) is 0 Å². The van der Waals surface area contributed by atoms with E-state index >= 15 is 0 Å². The van der Waals surface area contributed by atoms with E-state index in [-0.39, 0.29) is 5.91 Å². The first-order valence-electron chi connectivity index (χ1n) is 8.50. The Morgan fingerprint density at radius 3 is 2.44 bits per heavy atom. The van der Waals surface area contributed by atoms with Gasteiger partial charge in [0.1, 0.15) is 5.75 Å². The van der Waals surface area contributed by atoms with Gasteiger partial charge in [-0.05, 0) is 56.3 Å². The number of ether oxygens (including phenoxy) is 2. The summed E-state index contributed by atoms with van der Waals surface area (Å²) in [5, 5.41) is 2.92. The lowest BCUT2D eigenvalue weighted by molar-refractivity contribution is 0.0757. The summed E-state index contributed by atoms with van der Waals surface area (Å²) >= 11 is 0. The van der Waals surface area contributed by atoms with Gasteiger partial charge in [-0.3, -0.25) is 4.79 Å². The Morgan fingerprint density at radius 2 is 1.80 bits per heavy atom. The third-order valence-electron chi connectivity index (χ3n) is 4.42. The molecule has 0 aromatic heterocycles. The second kappa shape index (κ2) is 7.57. The second-order valence-electron chi connectivity index (χ2n) is 6.38. The number of amides is 1. The van der Waals surface area contributed by atoms with Gasteiger partial charge in [0, 0.05) is 29.0 Å². The van der Waals surface area contributed by atoms with Crippen molar-refractivity contribution in [2.24, 2.45) is 0 Å². The number of hydrogen-bond acceptors (Lipinski definition) is 4. The Morgan fingerprint density at radius 1 is 1.12 bits per heavy atom. The second-order valence-corrected chi connectivity index (χ2v) is 6.38. The molecule has 3 rings (SSSR count). The monoisotopic (exact) mass is 340 g/mol. The zero-order valence-corrected chi connectivity index (χ0v) is 14.9. The highest BCUT2D eigenvalue weighted by Gasteiger charge is 2.25. The SMILES string of the molecule is COc1cccc(C(=O)Nc2ccc(N3C(C)COCC3C)cc2)c1. The van der Waals surface area contributed by atoms with Crippen LogP contribution < -0.4 is 15.0 Å². The molecule has 1 saturated heterocycles. The summed E-state index contributed by atoms with van der Waals surface area (Å²) in [7, 11) is 1.59. The number of nitrogens with zero attached hydrogens (tertiary/aromatic N) is 1. The molecule has 0 bridgehead atoms. The first-order chi connectivity index (χ1) is 12.1. The van der Waals surface area contributed by atoms with Gasteiger partial charge in [-0.15, -0.1) is 0 Å². The van der Waals surface area contributed by atoms with Crippen LogP contribution in [-0.4, -0.2) is 38.3 Å². The fourth-order valence-corrected chi connectivity index (χ4v) is 3.20. The molecule has 1 N–H and O–H groups in total. The van der Waals surface area contributed by atoms with E-state index in [1.165, 1.54) is 0 Å². The molecule has 1 aliphatic heterocycles. The smallest absolute Gasteiger partial charge is 0.255 e. The van der Waals surface area contributed by atoms with Crippen LogP contribution >= 0.6 is 0 Å². The summed E-state index contributed by atoms with van der Waals surface area (Å²) in [5.74, 6) is 0.512. The molecule has 1 amide bonds. The van der Waals surface area contributed by atoms with Gasteiger partial charge in [0.05, 0.1) is 20.3 Å². The Kier molecular flexibility index (Phi) is 5.24. The average molecular weight is 340 g/mol. The maximum Gasteiger partial charge on any atom is 0.255 e. The van der Waals surface area contributed by atoms with Crippen LogP contribution in [0.5, 0.6) is 5.75 Å². The molecule has 2 aromatic rings. The Balaban J connectivity index is 1.71. The van der Waals surface area contributed by atoms with Crippen LogP contribution in [0.4, 0.5) is 11.4 Å². The van der Waals surface area contributed by atoms with Crippen molar-refractivity contribution in [2.75, 3.05) is 30.5 Å². The zero-order valence-electron chi connectivity index (χ0n) is 14.9. The molecule has 2 aromatic carbocycles. The van der Waals surface area contributed by atoms with E-state index in [0.717, 1.165) is 24.6 Å². The third kappa shape index (κ3) is 3.94. The molecule has 25 heavy (non-hydrogen) atoms. The summed E-state index contributed by atoms with van der Waals surface area (Å²) in [4.78, 5) is 14.7. The predicted molar refractivity (Wildman–Crippen MR) is 99.6 cm³/mol. The first-order valence-corrected chi connectivity index (χ1v) is 8.50. The summed E-state index contributed by atoms with van der Waals surface area (Å²) in [6.07, 6.45) is 0. The summed E-state index contributed by atoms with van der Waals surface area (Å²) in [6.45, 7) is 5.79. The quantitative estimate of drug-likeness (QED) is 0.924. The van der Waals surface area contributed by atoms with E-state index in [1.807, 2.05) is 30.3 Å². The Hall–Kier alpha value is -2.53. The molecule has 2 atom stereocenters. The number of anilines is 2. The molecule has 0 aliphatic carbocycles. The van der Waals surface area contributed by atoms with Gasteiger partial charge < -0.3 is 19.7 Å². The number of carbonyl (C=O) groups is 1. The van der Waals surface area contributed by atoms with Gasteiger partial charge in [0.2, 0.25) is 0 Å². The normalized spacial score (nSPS) is 20.2. The molecule has 1 heterocycles. The Labute approximate surface area is 148 Å². The van der Waals surface area contributed by atoms with E-state index in [2.05, 4.69) is 24.1 Å². The lowest BCUT2D eigenvalue weighted by Gasteiger charge is -2.40. The molecule has 1 aliphatic rings. The highest BCUT2D eigenvalue weighted by Crippen LogP contribution is 2.25. The van der Waals surface area contributed by atoms with Crippen LogP contribution in [0.25, 0.3) is 0 Å². The van der Waals surface area contributed by atoms with Crippen molar-refractivity contribution in [3.8, 4) is 5.75 Å². The lowest BCUT2D eigenvalue weighted by Crippen LogP contribution is -2.49. The van der Waals surface area contributed by atoms with E-state index in [9.17, 15) is 4.79 Å². The minimum Gasteiger partial charge on any atom is -0.497 e. The Bertz CT molecular complexity index is 720. The zero-order chi connectivity index (χ0) is 17.8. The topological polar surface area (TPSA) is 50.8 Å². The van der Waals surface area contributed by atoms with Crippen LogP contribution in [0.1, 0.15) is 24.2 Å². The molecule has 0 radical (unpaired) electrons. The van der Waals surface area contributed by atoms with Gasteiger partial charge in [-0.2, -0.15) is 0 Å². The molecule has 0 spiro atoms. The molecule has 2 unspecified atom stereocenters. The van der Waals surface area contributed by atoms with E-state index < -0.39 is 0 Å². The van der Waals surface area contributed by atoms with Crippen LogP contribution in [0.15, 0.2) is 48.5 Å². The van der Waals surface area contributed by atoms with Crippen LogP contribution in [0, 0.1) is 0 Å². The van der Waals surface area contributed by atoms with Crippen molar-refractivity contribution < 1.29 is 14.3 Å². The molecule has 5 nitrogen and oxygen atoms in total. The maximum atomic E-state index is 12.4. The molecule has 132 valence electrons. The van der Waals surface area contributed by atoms with E-state index in [1.54, 1.807) is 25.3 Å². The summed E-state index contributed by atoms with van der Waals surface area (Å²) in [6, 6.07) is 15.7. The molecular weight excluding hydrogens is 316 g/mol. The standard InChI is InChI=1S/C20H24N2O3/c1-14-12-25-13-15(2)22(14)18-9-7-17(8-10-18)21-20(23)16-5-4-6-19(11-16)24-3/h4-11,14-15H,12-13H2,1-3H3,(H,21,23). The molecule has 5 heteroatoms. The fraction of sp³-hybridized carbons (Fsp3) is 0.350. The van der Waals surface area contributed by atoms with Crippen molar-refractivity contribution in [3.05, 3.63) is 54.1 Å². The minimum absolute atomic E-state index is 0.153. The molecule has 1 fully saturated rings. The van der Waals surface area contributed by atoms with E-state index in [4.69, 9.17) is 9.47 Å². The minimum atomic E-state index is -0.153. The van der Waals surface area contributed by atoms with Crippen molar-refractivity contribution in [2.45, 2.75) is 25.9 Å². The number of carbonyl (C=O) groups excluding carboxylic acids is 1. The number of rotatable bonds is 4. The highest BCUT2D eigenvalue weighted by atomic mass is 16.5. The van der Waals surface area contributed by atoms with Crippen LogP contribution in [0.2, 0.25) is 0 Å². The number of morpholine rings is 1.